The highest BCUT2D eigenvalue weighted by Crippen LogP contribution is 2.36. The predicted octanol–water partition coefficient (Wildman–Crippen LogP) is 1.83. The number of nitro groups is 1. The molecule has 3 amide bonds. The van der Waals surface area contributed by atoms with Gasteiger partial charge in [0.2, 0.25) is 15.9 Å². The van der Waals surface area contributed by atoms with E-state index in [0.29, 0.717) is 12.8 Å². The number of anilines is 1. The number of carbonyl (C=O) groups excluding carboxylic acids is 3. The predicted molar refractivity (Wildman–Crippen MR) is 116 cm³/mol. The van der Waals surface area contributed by atoms with E-state index in [1.54, 1.807) is 0 Å². The number of carbonyl (C=O) groups is 3. The van der Waals surface area contributed by atoms with Gasteiger partial charge in [-0.15, -0.1) is 0 Å². The molecule has 0 spiro atoms. The van der Waals surface area contributed by atoms with Crippen LogP contribution in [0.5, 0.6) is 0 Å². The lowest BCUT2D eigenvalue weighted by Crippen LogP contribution is -2.46. The molecule has 1 atom stereocenters. The van der Waals surface area contributed by atoms with Crippen LogP contribution in [0.4, 0.5) is 11.4 Å². The second-order valence-corrected chi connectivity index (χ2v) is 9.66. The van der Waals surface area contributed by atoms with E-state index in [2.05, 4.69) is 0 Å². The molecule has 0 aromatic heterocycles. The normalized spacial score (nSPS) is 18.5. The van der Waals surface area contributed by atoms with Crippen molar-refractivity contribution in [2.24, 2.45) is 5.14 Å². The summed E-state index contributed by atoms with van der Waals surface area (Å²) < 4.78 is 22.9. The summed E-state index contributed by atoms with van der Waals surface area (Å²) in [5.74, 6) is -1.82. The average Bonchev–Trinajstić information content (AvgIpc) is 3.53. The zero-order valence-electron chi connectivity index (χ0n) is 16.9. The molecule has 1 unspecified atom stereocenters. The molecule has 2 N–H and O–H groups in total. The Kier molecular flexibility index (Phi) is 5.68. The van der Waals surface area contributed by atoms with Gasteiger partial charge in [-0.05, 0) is 49.2 Å². The summed E-state index contributed by atoms with van der Waals surface area (Å²) in [7, 11) is -3.95. The van der Waals surface area contributed by atoms with Crippen LogP contribution in [0.3, 0.4) is 0 Å². The van der Waals surface area contributed by atoms with Gasteiger partial charge in [0.05, 0.1) is 21.9 Å². The molecule has 1 saturated heterocycles. The number of hydrogen-bond donors (Lipinski definition) is 1. The zero-order chi connectivity index (χ0) is 24.1. The molecule has 0 radical (unpaired) electrons. The van der Waals surface area contributed by atoms with Crippen LogP contribution in [0, 0.1) is 10.1 Å². The fourth-order valence-corrected chi connectivity index (χ4v) is 4.44. The van der Waals surface area contributed by atoms with Crippen LogP contribution in [-0.2, 0) is 19.6 Å². The lowest BCUT2D eigenvalue weighted by molar-refractivity contribution is -0.384. The van der Waals surface area contributed by atoms with Gasteiger partial charge >= 0.3 is 0 Å². The molecule has 2 aromatic carbocycles. The summed E-state index contributed by atoms with van der Waals surface area (Å²) in [4.78, 5) is 51.6. The quantitative estimate of drug-likeness (QED) is 0.365. The largest absolute Gasteiger partial charge is 0.323 e. The molecule has 4 rings (SSSR count). The van der Waals surface area contributed by atoms with E-state index in [4.69, 9.17) is 16.7 Å². The summed E-state index contributed by atoms with van der Waals surface area (Å²) in [5.41, 5.74) is -0.317. The molecule has 1 aliphatic heterocycles. The van der Waals surface area contributed by atoms with Gasteiger partial charge in [-0.1, -0.05) is 11.6 Å². The van der Waals surface area contributed by atoms with Gasteiger partial charge in [0.1, 0.15) is 11.1 Å². The Labute approximate surface area is 192 Å². The second kappa shape index (κ2) is 8.21. The SMILES string of the molecule is NS(=O)(=O)c1ccc(N2C(=O)CC(N(C(=O)c3ccc(Cl)c([N+](=O)[O-])c3)C3CC3)C2=O)cc1. The Balaban J connectivity index is 1.64. The maximum atomic E-state index is 13.2. The molecule has 1 aliphatic carbocycles. The monoisotopic (exact) mass is 492 g/mol. The van der Waals surface area contributed by atoms with E-state index in [1.807, 2.05) is 0 Å². The van der Waals surface area contributed by atoms with Gasteiger partial charge in [-0.3, -0.25) is 24.5 Å². The molecule has 1 saturated carbocycles. The van der Waals surface area contributed by atoms with Crippen molar-refractivity contribution < 1.29 is 27.7 Å². The number of hydrogen-bond acceptors (Lipinski definition) is 7. The lowest BCUT2D eigenvalue weighted by Gasteiger charge is -2.27. The van der Waals surface area contributed by atoms with Crippen molar-refractivity contribution in [2.45, 2.75) is 36.2 Å². The minimum atomic E-state index is -3.95. The summed E-state index contributed by atoms with van der Waals surface area (Å²) in [6.45, 7) is 0. The molecule has 1 heterocycles. The Morgan fingerprint density at radius 3 is 2.33 bits per heavy atom. The minimum absolute atomic E-state index is 0.0193. The first-order valence-corrected chi connectivity index (χ1v) is 11.7. The van der Waals surface area contributed by atoms with Crippen molar-refractivity contribution in [2.75, 3.05) is 4.90 Å². The smallest absolute Gasteiger partial charge is 0.288 e. The highest BCUT2D eigenvalue weighted by Gasteiger charge is 2.49. The number of halogens is 1. The van der Waals surface area contributed by atoms with Crippen molar-refractivity contribution in [3.8, 4) is 0 Å². The number of sulfonamides is 1. The molecule has 2 fully saturated rings. The van der Waals surface area contributed by atoms with Crippen LogP contribution >= 0.6 is 11.6 Å². The van der Waals surface area contributed by atoms with Crippen molar-refractivity contribution in [1.82, 2.24) is 4.90 Å². The number of benzene rings is 2. The Hall–Kier alpha value is -3.35. The van der Waals surface area contributed by atoms with Gasteiger partial charge in [-0.2, -0.15) is 0 Å². The number of nitrogens with two attached hydrogens (primary N) is 1. The number of imide groups is 1. The van der Waals surface area contributed by atoms with Gasteiger partial charge in [0.25, 0.3) is 17.5 Å². The molecule has 11 nitrogen and oxygen atoms in total. The molecule has 0 bridgehead atoms. The number of rotatable bonds is 6. The van der Waals surface area contributed by atoms with Crippen LogP contribution in [0.15, 0.2) is 47.4 Å². The van der Waals surface area contributed by atoms with Crippen LogP contribution in [0.2, 0.25) is 5.02 Å². The van der Waals surface area contributed by atoms with Crippen molar-refractivity contribution in [3.05, 3.63) is 63.2 Å². The molecule has 172 valence electrons. The first kappa shape index (κ1) is 22.8. The van der Waals surface area contributed by atoms with Gasteiger partial charge < -0.3 is 4.90 Å². The van der Waals surface area contributed by atoms with E-state index < -0.39 is 44.4 Å². The first-order valence-electron chi connectivity index (χ1n) is 9.75. The third-order valence-corrected chi connectivity index (χ3v) is 6.70. The zero-order valence-corrected chi connectivity index (χ0v) is 18.5. The standard InChI is InChI=1S/C20H17ClN4O7S/c21-15-8-1-11(9-16(15)25(29)30)19(27)23(12-2-3-12)17-10-18(26)24(20(17)28)13-4-6-14(7-5-13)33(22,31)32/h1,4-9,12,17H,2-3,10H2,(H2,22,31,32). The van der Waals surface area contributed by atoms with Gasteiger partial charge in [0, 0.05) is 17.7 Å². The maximum absolute atomic E-state index is 13.2. The van der Waals surface area contributed by atoms with Crippen LogP contribution in [0.25, 0.3) is 0 Å². The first-order chi connectivity index (χ1) is 15.5. The number of nitrogens with zero attached hydrogens (tertiary/aromatic N) is 3. The highest BCUT2D eigenvalue weighted by molar-refractivity contribution is 7.89. The van der Waals surface area contributed by atoms with Crippen LogP contribution < -0.4 is 10.0 Å². The van der Waals surface area contributed by atoms with E-state index in [-0.39, 0.29) is 33.6 Å². The van der Waals surface area contributed by atoms with Gasteiger partial charge in [0.15, 0.2) is 0 Å². The fraction of sp³-hybridized carbons (Fsp3) is 0.250. The molecule has 33 heavy (non-hydrogen) atoms. The number of amides is 3. The van der Waals surface area contributed by atoms with E-state index >= 15 is 0 Å². The maximum Gasteiger partial charge on any atom is 0.288 e. The average molecular weight is 493 g/mol. The van der Waals surface area contributed by atoms with Crippen molar-refractivity contribution in [3.63, 3.8) is 0 Å². The van der Waals surface area contributed by atoms with Crippen molar-refractivity contribution >= 4 is 50.7 Å². The third kappa shape index (κ3) is 4.32. The van der Waals surface area contributed by atoms with E-state index in [1.165, 1.54) is 41.3 Å². The van der Waals surface area contributed by atoms with Gasteiger partial charge in [-0.25, -0.2) is 18.5 Å². The number of nitro benzene ring substituents is 1. The summed E-state index contributed by atoms with van der Waals surface area (Å²) in [5, 5.41) is 16.1. The van der Waals surface area contributed by atoms with Crippen LogP contribution in [0.1, 0.15) is 29.6 Å². The molecule has 13 heteroatoms. The molecule has 2 aromatic rings. The van der Waals surface area contributed by atoms with Crippen LogP contribution in [-0.4, -0.2) is 48.0 Å². The van der Waals surface area contributed by atoms with E-state index in [0.717, 1.165) is 11.0 Å². The lowest BCUT2D eigenvalue weighted by atomic mass is 10.1. The van der Waals surface area contributed by atoms with Crippen molar-refractivity contribution in [1.29, 1.82) is 0 Å². The summed E-state index contributed by atoms with van der Waals surface area (Å²) in [6, 6.07) is 7.16. The minimum Gasteiger partial charge on any atom is -0.323 e. The third-order valence-electron chi connectivity index (χ3n) is 5.45. The Morgan fingerprint density at radius 1 is 1.15 bits per heavy atom. The second-order valence-electron chi connectivity index (χ2n) is 7.69. The Bertz CT molecular complexity index is 1290. The fourth-order valence-electron chi connectivity index (χ4n) is 3.74. The molecule has 2 aliphatic rings. The Morgan fingerprint density at radius 2 is 1.79 bits per heavy atom. The summed E-state index contributed by atoms with van der Waals surface area (Å²) in [6.07, 6.45) is 0.985. The summed E-state index contributed by atoms with van der Waals surface area (Å²) >= 11 is 5.83. The highest BCUT2D eigenvalue weighted by atomic mass is 35.5. The number of primary sulfonamides is 1. The molecular weight excluding hydrogens is 476 g/mol. The van der Waals surface area contributed by atoms with E-state index in [9.17, 15) is 32.9 Å². The topological polar surface area (TPSA) is 161 Å². The molecular formula is C20H17ClN4O7S.